The first-order valence-electron chi connectivity index (χ1n) is 6.47. The van der Waals surface area contributed by atoms with Gasteiger partial charge in [0.05, 0.1) is 22.5 Å². The van der Waals surface area contributed by atoms with Crippen LogP contribution in [0.1, 0.15) is 25.2 Å². The standard InChI is InChI=1S/C15H20N4/c1-11-18-13-7-12(5-6-14(13)19(11)4)8-17-10-15(2,3)9-16/h5-7,17H,8,10H2,1-4H3. The molecule has 0 aliphatic heterocycles. The highest BCUT2D eigenvalue weighted by Gasteiger charge is 2.15. The molecule has 1 heterocycles. The van der Waals surface area contributed by atoms with Gasteiger partial charge in [-0.1, -0.05) is 6.07 Å². The lowest BCUT2D eigenvalue weighted by Gasteiger charge is -2.15. The SMILES string of the molecule is Cc1nc2cc(CNCC(C)(C)C#N)ccc2n1C. The highest BCUT2D eigenvalue weighted by molar-refractivity contribution is 5.76. The highest BCUT2D eigenvalue weighted by Crippen LogP contribution is 2.17. The van der Waals surface area contributed by atoms with Crippen molar-refractivity contribution >= 4 is 11.0 Å². The molecule has 0 bridgehead atoms. The van der Waals surface area contributed by atoms with E-state index in [1.807, 2.05) is 27.8 Å². The molecule has 1 aromatic carbocycles. The molecule has 0 unspecified atom stereocenters. The molecule has 19 heavy (non-hydrogen) atoms. The molecular formula is C15H20N4. The van der Waals surface area contributed by atoms with E-state index < -0.39 is 0 Å². The van der Waals surface area contributed by atoms with Crippen LogP contribution in [-0.4, -0.2) is 16.1 Å². The van der Waals surface area contributed by atoms with Crippen LogP contribution in [-0.2, 0) is 13.6 Å². The summed E-state index contributed by atoms with van der Waals surface area (Å²) in [6.07, 6.45) is 0. The van der Waals surface area contributed by atoms with E-state index in [0.29, 0.717) is 6.54 Å². The molecule has 0 radical (unpaired) electrons. The lowest BCUT2D eigenvalue weighted by Crippen LogP contribution is -2.27. The van der Waals surface area contributed by atoms with Gasteiger partial charge in [-0.25, -0.2) is 4.98 Å². The third-order valence-corrected chi connectivity index (χ3v) is 3.37. The van der Waals surface area contributed by atoms with Crippen LogP contribution in [0.5, 0.6) is 0 Å². The third-order valence-electron chi connectivity index (χ3n) is 3.37. The third kappa shape index (κ3) is 2.94. The van der Waals surface area contributed by atoms with Crippen LogP contribution >= 0.6 is 0 Å². The highest BCUT2D eigenvalue weighted by atomic mass is 15.0. The summed E-state index contributed by atoms with van der Waals surface area (Å²) < 4.78 is 2.09. The van der Waals surface area contributed by atoms with Gasteiger partial charge in [0.15, 0.2) is 0 Å². The topological polar surface area (TPSA) is 53.6 Å². The van der Waals surface area contributed by atoms with Gasteiger partial charge in [0.25, 0.3) is 0 Å². The molecule has 0 atom stereocenters. The van der Waals surface area contributed by atoms with Gasteiger partial charge in [-0.05, 0) is 38.5 Å². The van der Waals surface area contributed by atoms with Gasteiger partial charge in [0, 0.05) is 20.1 Å². The van der Waals surface area contributed by atoms with E-state index in [-0.39, 0.29) is 5.41 Å². The van der Waals surface area contributed by atoms with Gasteiger partial charge in [-0.15, -0.1) is 0 Å². The monoisotopic (exact) mass is 256 g/mol. The number of imidazole rings is 1. The van der Waals surface area contributed by atoms with Gasteiger partial charge < -0.3 is 9.88 Å². The van der Waals surface area contributed by atoms with Crippen molar-refractivity contribution in [3.05, 3.63) is 29.6 Å². The summed E-state index contributed by atoms with van der Waals surface area (Å²) in [6.45, 7) is 7.32. The van der Waals surface area contributed by atoms with Crippen molar-refractivity contribution in [1.29, 1.82) is 5.26 Å². The van der Waals surface area contributed by atoms with Crippen LogP contribution in [0.4, 0.5) is 0 Å². The fourth-order valence-corrected chi connectivity index (χ4v) is 2.03. The minimum absolute atomic E-state index is 0.328. The average Bonchev–Trinajstić information content (AvgIpc) is 2.65. The second-order valence-corrected chi connectivity index (χ2v) is 5.64. The van der Waals surface area contributed by atoms with Gasteiger partial charge in [0.2, 0.25) is 0 Å². The first-order chi connectivity index (χ1) is 8.93. The molecule has 2 aromatic rings. The first-order valence-corrected chi connectivity index (χ1v) is 6.47. The molecule has 4 nitrogen and oxygen atoms in total. The van der Waals surface area contributed by atoms with Crippen LogP contribution in [0.2, 0.25) is 0 Å². The maximum Gasteiger partial charge on any atom is 0.106 e. The van der Waals surface area contributed by atoms with E-state index in [2.05, 4.69) is 39.1 Å². The summed E-state index contributed by atoms with van der Waals surface area (Å²) in [5.74, 6) is 1.02. The molecule has 100 valence electrons. The zero-order chi connectivity index (χ0) is 14.0. The summed E-state index contributed by atoms with van der Waals surface area (Å²) in [4.78, 5) is 4.53. The largest absolute Gasteiger partial charge is 0.331 e. The maximum absolute atomic E-state index is 8.96. The first kappa shape index (κ1) is 13.6. The van der Waals surface area contributed by atoms with Gasteiger partial charge in [-0.3, -0.25) is 0 Å². The summed E-state index contributed by atoms with van der Waals surface area (Å²) in [5, 5.41) is 12.3. The molecule has 0 saturated heterocycles. The van der Waals surface area contributed by atoms with Crippen molar-refractivity contribution < 1.29 is 0 Å². The molecule has 0 spiro atoms. The Morgan fingerprint density at radius 3 is 2.84 bits per heavy atom. The van der Waals surface area contributed by atoms with Crippen molar-refractivity contribution in [2.24, 2.45) is 12.5 Å². The fourth-order valence-electron chi connectivity index (χ4n) is 2.03. The molecule has 2 rings (SSSR count). The number of aromatic nitrogens is 2. The number of nitrogens with zero attached hydrogens (tertiary/aromatic N) is 3. The van der Waals surface area contributed by atoms with Crippen LogP contribution < -0.4 is 5.32 Å². The minimum atomic E-state index is -0.328. The summed E-state index contributed by atoms with van der Waals surface area (Å²) in [6, 6.07) is 8.60. The molecule has 4 heteroatoms. The Morgan fingerprint density at radius 1 is 1.42 bits per heavy atom. The number of rotatable bonds is 4. The Labute approximate surface area is 114 Å². The Balaban J connectivity index is 2.08. The number of benzene rings is 1. The zero-order valence-corrected chi connectivity index (χ0v) is 12.0. The van der Waals surface area contributed by atoms with E-state index in [4.69, 9.17) is 5.26 Å². The molecule has 0 aliphatic carbocycles. The van der Waals surface area contributed by atoms with Crippen molar-refractivity contribution in [3.63, 3.8) is 0 Å². The molecule has 0 aliphatic rings. The summed E-state index contributed by atoms with van der Waals surface area (Å²) >= 11 is 0. The number of nitriles is 1. The number of nitrogens with one attached hydrogen (secondary N) is 1. The van der Waals surface area contributed by atoms with Crippen molar-refractivity contribution in [2.75, 3.05) is 6.54 Å². The van der Waals surface area contributed by atoms with Crippen LogP contribution in [0.15, 0.2) is 18.2 Å². The van der Waals surface area contributed by atoms with Crippen molar-refractivity contribution in [2.45, 2.75) is 27.3 Å². The Bertz CT molecular complexity index is 631. The Morgan fingerprint density at radius 2 is 2.16 bits per heavy atom. The van der Waals surface area contributed by atoms with Crippen LogP contribution in [0.3, 0.4) is 0 Å². The van der Waals surface area contributed by atoms with E-state index in [0.717, 1.165) is 23.4 Å². The summed E-state index contributed by atoms with van der Waals surface area (Å²) in [7, 11) is 2.03. The van der Waals surface area contributed by atoms with Crippen LogP contribution in [0.25, 0.3) is 11.0 Å². The van der Waals surface area contributed by atoms with E-state index in [9.17, 15) is 0 Å². The molecular weight excluding hydrogens is 236 g/mol. The van der Waals surface area contributed by atoms with Gasteiger partial charge in [-0.2, -0.15) is 5.26 Å². The fraction of sp³-hybridized carbons (Fsp3) is 0.467. The van der Waals surface area contributed by atoms with Crippen LogP contribution in [0, 0.1) is 23.7 Å². The number of aryl methyl sites for hydroxylation is 2. The minimum Gasteiger partial charge on any atom is -0.331 e. The Kier molecular flexibility index (Phi) is 3.59. The van der Waals surface area contributed by atoms with Gasteiger partial charge in [0.1, 0.15) is 5.82 Å². The molecule has 1 aromatic heterocycles. The Hall–Kier alpha value is -1.86. The number of fused-ring (bicyclic) bond motifs is 1. The second-order valence-electron chi connectivity index (χ2n) is 5.64. The predicted octanol–water partition coefficient (Wildman–Crippen LogP) is 2.52. The molecule has 0 amide bonds. The normalized spacial score (nSPS) is 11.7. The number of hydrogen-bond donors (Lipinski definition) is 1. The molecule has 1 N–H and O–H groups in total. The predicted molar refractivity (Wildman–Crippen MR) is 76.6 cm³/mol. The quantitative estimate of drug-likeness (QED) is 0.914. The smallest absolute Gasteiger partial charge is 0.106 e. The average molecular weight is 256 g/mol. The molecule has 0 fully saturated rings. The number of hydrogen-bond acceptors (Lipinski definition) is 3. The lowest BCUT2D eigenvalue weighted by atomic mass is 9.96. The second kappa shape index (κ2) is 5.02. The molecule has 0 saturated carbocycles. The lowest BCUT2D eigenvalue weighted by molar-refractivity contribution is 0.445. The zero-order valence-electron chi connectivity index (χ0n) is 12.0. The van der Waals surface area contributed by atoms with Crippen molar-refractivity contribution in [1.82, 2.24) is 14.9 Å². The van der Waals surface area contributed by atoms with Crippen molar-refractivity contribution in [3.8, 4) is 6.07 Å². The summed E-state index contributed by atoms with van der Waals surface area (Å²) in [5.41, 5.74) is 3.04. The maximum atomic E-state index is 8.96. The van der Waals surface area contributed by atoms with E-state index >= 15 is 0 Å². The van der Waals surface area contributed by atoms with E-state index in [1.54, 1.807) is 0 Å². The van der Waals surface area contributed by atoms with E-state index in [1.165, 1.54) is 5.56 Å². The van der Waals surface area contributed by atoms with Gasteiger partial charge >= 0.3 is 0 Å².